The second-order valence-corrected chi connectivity index (χ2v) is 6.04. The zero-order valence-electron chi connectivity index (χ0n) is 11.7. The van der Waals surface area contributed by atoms with E-state index < -0.39 is 0 Å². The second-order valence-electron chi connectivity index (χ2n) is 6.04. The van der Waals surface area contributed by atoms with Crippen molar-refractivity contribution in [3.8, 4) is 0 Å². The van der Waals surface area contributed by atoms with Gasteiger partial charge in [0, 0.05) is 18.7 Å². The Kier molecular flexibility index (Phi) is 5.26. The molecule has 1 heterocycles. The summed E-state index contributed by atoms with van der Waals surface area (Å²) in [7, 11) is 0. The molecule has 2 heteroatoms. The van der Waals surface area contributed by atoms with Crippen LogP contribution in [0.4, 0.5) is 0 Å². The molecule has 0 radical (unpaired) electrons. The maximum atomic E-state index is 5.87. The fraction of sp³-hybridized carbons (Fsp3) is 1.00. The summed E-state index contributed by atoms with van der Waals surface area (Å²) in [6.45, 7) is 12.3. The fourth-order valence-corrected chi connectivity index (χ4v) is 2.70. The Labute approximate surface area is 101 Å². The van der Waals surface area contributed by atoms with Crippen molar-refractivity contribution in [1.29, 1.82) is 0 Å². The lowest BCUT2D eigenvalue weighted by molar-refractivity contribution is -0.0790. The average Bonchev–Trinajstić information content (AvgIpc) is 2.16. The molecular weight excluding hydrogens is 198 g/mol. The third-order valence-corrected chi connectivity index (χ3v) is 3.69. The van der Waals surface area contributed by atoms with E-state index in [1.807, 2.05) is 0 Å². The van der Waals surface area contributed by atoms with Crippen molar-refractivity contribution >= 4 is 0 Å². The molecule has 1 fully saturated rings. The van der Waals surface area contributed by atoms with Gasteiger partial charge in [0.05, 0.1) is 5.60 Å². The van der Waals surface area contributed by atoms with E-state index in [1.54, 1.807) is 0 Å². The summed E-state index contributed by atoms with van der Waals surface area (Å²) in [6, 6.07) is 1.27. The molecule has 2 nitrogen and oxygen atoms in total. The zero-order chi connectivity index (χ0) is 12.2. The standard InChI is InChI=1S/C14H29NO/c1-6-14(5)10-13(7-8-16-14)15-12(4)9-11(2)3/h11-13,15H,6-10H2,1-5H3. The maximum Gasteiger partial charge on any atom is 0.0666 e. The minimum absolute atomic E-state index is 0.105. The molecular formula is C14H29NO. The highest BCUT2D eigenvalue weighted by Gasteiger charge is 2.31. The molecule has 0 bridgehead atoms. The van der Waals surface area contributed by atoms with Gasteiger partial charge < -0.3 is 10.1 Å². The molecule has 3 atom stereocenters. The molecule has 1 N–H and O–H groups in total. The Bertz CT molecular complexity index is 205. The van der Waals surface area contributed by atoms with E-state index in [4.69, 9.17) is 4.74 Å². The molecule has 0 aromatic carbocycles. The minimum Gasteiger partial charge on any atom is -0.375 e. The Morgan fingerprint density at radius 1 is 1.38 bits per heavy atom. The van der Waals surface area contributed by atoms with Crippen molar-refractivity contribution in [3.63, 3.8) is 0 Å². The van der Waals surface area contributed by atoms with Crippen molar-refractivity contribution in [1.82, 2.24) is 5.32 Å². The van der Waals surface area contributed by atoms with Crippen LogP contribution in [0.3, 0.4) is 0 Å². The highest BCUT2D eigenvalue weighted by Crippen LogP contribution is 2.28. The molecule has 16 heavy (non-hydrogen) atoms. The molecule has 3 unspecified atom stereocenters. The van der Waals surface area contributed by atoms with Crippen LogP contribution in [0, 0.1) is 5.92 Å². The Hall–Kier alpha value is -0.0800. The largest absolute Gasteiger partial charge is 0.375 e. The van der Waals surface area contributed by atoms with Gasteiger partial charge in [0.25, 0.3) is 0 Å². The van der Waals surface area contributed by atoms with E-state index >= 15 is 0 Å². The summed E-state index contributed by atoms with van der Waals surface area (Å²) in [5, 5.41) is 3.76. The van der Waals surface area contributed by atoms with E-state index in [0.717, 1.165) is 31.8 Å². The van der Waals surface area contributed by atoms with Crippen LogP contribution in [-0.4, -0.2) is 24.3 Å². The fourth-order valence-electron chi connectivity index (χ4n) is 2.70. The predicted molar refractivity (Wildman–Crippen MR) is 69.7 cm³/mol. The highest BCUT2D eigenvalue weighted by atomic mass is 16.5. The van der Waals surface area contributed by atoms with Gasteiger partial charge in [0.1, 0.15) is 0 Å². The Morgan fingerprint density at radius 2 is 2.06 bits per heavy atom. The van der Waals surface area contributed by atoms with Gasteiger partial charge in [-0.1, -0.05) is 20.8 Å². The summed E-state index contributed by atoms with van der Waals surface area (Å²) < 4.78 is 5.87. The van der Waals surface area contributed by atoms with Crippen LogP contribution in [0.1, 0.15) is 60.3 Å². The van der Waals surface area contributed by atoms with Gasteiger partial charge in [0.15, 0.2) is 0 Å². The number of ether oxygens (including phenoxy) is 1. The third kappa shape index (κ3) is 4.42. The number of rotatable bonds is 5. The van der Waals surface area contributed by atoms with Gasteiger partial charge in [-0.25, -0.2) is 0 Å². The first-order valence-corrected chi connectivity index (χ1v) is 6.85. The van der Waals surface area contributed by atoms with Crippen molar-refractivity contribution in [2.45, 2.75) is 78.0 Å². The summed E-state index contributed by atoms with van der Waals surface area (Å²) in [6.07, 6.45) is 4.70. The minimum atomic E-state index is 0.105. The van der Waals surface area contributed by atoms with Gasteiger partial charge in [-0.2, -0.15) is 0 Å². The number of nitrogens with one attached hydrogen (secondary N) is 1. The first-order valence-electron chi connectivity index (χ1n) is 6.85. The van der Waals surface area contributed by atoms with Crippen LogP contribution < -0.4 is 5.32 Å². The van der Waals surface area contributed by atoms with Gasteiger partial charge in [-0.3, -0.25) is 0 Å². The molecule has 1 rings (SSSR count). The maximum absolute atomic E-state index is 5.87. The SMILES string of the molecule is CCC1(C)CC(NC(C)CC(C)C)CCO1. The molecule has 0 amide bonds. The van der Waals surface area contributed by atoms with E-state index in [-0.39, 0.29) is 5.60 Å². The van der Waals surface area contributed by atoms with Crippen LogP contribution in [0.15, 0.2) is 0 Å². The van der Waals surface area contributed by atoms with E-state index in [1.165, 1.54) is 6.42 Å². The molecule has 0 aliphatic carbocycles. The molecule has 96 valence electrons. The molecule has 1 saturated heterocycles. The van der Waals surface area contributed by atoms with E-state index in [2.05, 4.69) is 39.9 Å². The average molecular weight is 227 g/mol. The zero-order valence-corrected chi connectivity index (χ0v) is 11.7. The second kappa shape index (κ2) is 6.02. The number of hydrogen-bond acceptors (Lipinski definition) is 2. The number of hydrogen-bond donors (Lipinski definition) is 1. The first-order chi connectivity index (χ1) is 7.45. The Balaban J connectivity index is 2.37. The molecule has 0 aromatic heterocycles. The summed E-state index contributed by atoms with van der Waals surface area (Å²) >= 11 is 0. The van der Waals surface area contributed by atoms with Crippen LogP contribution in [0.5, 0.6) is 0 Å². The van der Waals surface area contributed by atoms with Gasteiger partial charge in [-0.05, 0) is 45.4 Å². The molecule has 1 aliphatic rings. The molecule has 0 saturated carbocycles. The predicted octanol–water partition coefficient (Wildman–Crippen LogP) is 3.36. The lowest BCUT2D eigenvalue weighted by Gasteiger charge is -2.39. The topological polar surface area (TPSA) is 21.3 Å². The highest BCUT2D eigenvalue weighted by molar-refractivity contribution is 4.86. The molecule has 0 aromatic rings. The monoisotopic (exact) mass is 227 g/mol. The van der Waals surface area contributed by atoms with Gasteiger partial charge >= 0.3 is 0 Å². The third-order valence-electron chi connectivity index (χ3n) is 3.69. The van der Waals surface area contributed by atoms with Crippen LogP contribution in [0.25, 0.3) is 0 Å². The van der Waals surface area contributed by atoms with Crippen LogP contribution in [-0.2, 0) is 4.74 Å². The quantitative estimate of drug-likeness (QED) is 0.777. The van der Waals surface area contributed by atoms with E-state index in [0.29, 0.717) is 12.1 Å². The first kappa shape index (κ1) is 14.0. The lowest BCUT2D eigenvalue weighted by atomic mass is 9.89. The lowest BCUT2D eigenvalue weighted by Crippen LogP contribution is -2.47. The smallest absolute Gasteiger partial charge is 0.0666 e. The van der Waals surface area contributed by atoms with Crippen molar-refractivity contribution in [2.75, 3.05) is 6.61 Å². The molecule has 0 spiro atoms. The molecule has 1 aliphatic heterocycles. The van der Waals surface area contributed by atoms with Gasteiger partial charge in [-0.15, -0.1) is 0 Å². The summed E-state index contributed by atoms with van der Waals surface area (Å²) in [4.78, 5) is 0. The van der Waals surface area contributed by atoms with E-state index in [9.17, 15) is 0 Å². The normalized spacial score (nSPS) is 33.0. The van der Waals surface area contributed by atoms with Crippen LogP contribution >= 0.6 is 0 Å². The van der Waals surface area contributed by atoms with Gasteiger partial charge in [0.2, 0.25) is 0 Å². The van der Waals surface area contributed by atoms with Crippen molar-refractivity contribution in [3.05, 3.63) is 0 Å². The van der Waals surface area contributed by atoms with Crippen LogP contribution in [0.2, 0.25) is 0 Å². The van der Waals surface area contributed by atoms with Crippen molar-refractivity contribution in [2.24, 2.45) is 5.92 Å². The Morgan fingerprint density at radius 3 is 2.62 bits per heavy atom. The summed E-state index contributed by atoms with van der Waals surface area (Å²) in [5.74, 6) is 0.778. The van der Waals surface area contributed by atoms with Crippen molar-refractivity contribution < 1.29 is 4.74 Å². The summed E-state index contributed by atoms with van der Waals surface area (Å²) in [5.41, 5.74) is 0.105.